The van der Waals surface area contributed by atoms with Crippen LogP contribution in [0.1, 0.15) is 17.2 Å². The van der Waals surface area contributed by atoms with Gasteiger partial charge in [-0.1, -0.05) is 60.7 Å². The molecule has 21 heavy (non-hydrogen) atoms. The molecule has 0 bridgehead atoms. The van der Waals surface area contributed by atoms with E-state index in [-0.39, 0.29) is 6.04 Å². The van der Waals surface area contributed by atoms with Crippen LogP contribution in [0, 0.1) is 0 Å². The second-order valence-electron chi connectivity index (χ2n) is 5.08. The van der Waals surface area contributed by atoms with Crippen molar-refractivity contribution in [1.82, 2.24) is 5.32 Å². The van der Waals surface area contributed by atoms with Gasteiger partial charge in [-0.05, 0) is 22.4 Å². The molecule has 0 radical (unpaired) electrons. The summed E-state index contributed by atoms with van der Waals surface area (Å²) in [7, 11) is 0. The van der Waals surface area contributed by atoms with Crippen LogP contribution in [0.3, 0.4) is 0 Å². The lowest BCUT2D eigenvalue weighted by atomic mass is 9.92. The lowest BCUT2D eigenvalue weighted by Gasteiger charge is -2.27. The molecular weight excluding hydrogens is 262 g/mol. The minimum absolute atomic E-state index is 0.187. The van der Waals surface area contributed by atoms with E-state index in [1.807, 2.05) is 54.6 Å². The minimum Gasteiger partial charge on any atom is -0.410 e. The van der Waals surface area contributed by atoms with Gasteiger partial charge in [0.1, 0.15) is 5.75 Å². The van der Waals surface area contributed by atoms with Gasteiger partial charge in [0.05, 0.1) is 6.04 Å². The number of benzene rings is 3. The first kappa shape index (κ1) is 12.0. The van der Waals surface area contributed by atoms with Crippen molar-refractivity contribution in [2.75, 3.05) is 0 Å². The minimum atomic E-state index is -0.411. The Morgan fingerprint density at radius 1 is 0.857 bits per heavy atom. The highest BCUT2D eigenvalue weighted by atomic mass is 16.6. The maximum atomic E-state index is 11.8. The molecule has 3 aromatic carbocycles. The Morgan fingerprint density at radius 2 is 1.62 bits per heavy atom. The van der Waals surface area contributed by atoms with Gasteiger partial charge in [-0.2, -0.15) is 0 Å². The van der Waals surface area contributed by atoms with E-state index in [2.05, 4.69) is 17.4 Å². The van der Waals surface area contributed by atoms with Crippen LogP contribution in [0.25, 0.3) is 10.8 Å². The molecular formula is C18H13NO2. The largest absolute Gasteiger partial charge is 0.413 e. The third kappa shape index (κ3) is 1.94. The van der Waals surface area contributed by atoms with Crippen molar-refractivity contribution in [3.05, 3.63) is 77.9 Å². The molecule has 102 valence electrons. The summed E-state index contributed by atoms with van der Waals surface area (Å²) in [6, 6.07) is 21.7. The standard InChI is InChI=1S/C18H13NO2/c20-18-19-17(13-7-2-1-3-8-13)16-14-9-5-4-6-12(14)10-11-15(16)21-18/h1-11,17H,(H,19,20). The van der Waals surface area contributed by atoms with E-state index in [1.165, 1.54) is 0 Å². The quantitative estimate of drug-likeness (QED) is 0.728. The van der Waals surface area contributed by atoms with Gasteiger partial charge in [-0.3, -0.25) is 0 Å². The Bertz CT molecular complexity index is 827. The van der Waals surface area contributed by atoms with Gasteiger partial charge in [0.15, 0.2) is 0 Å². The van der Waals surface area contributed by atoms with Gasteiger partial charge in [0.2, 0.25) is 0 Å². The summed E-state index contributed by atoms with van der Waals surface area (Å²) in [4.78, 5) is 11.8. The lowest BCUT2D eigenvalue weighted by molar-refractivity contribution is 0.191. The molecule has 4 rings (SSSR count). The van der Waals surface area contributed by atoms with E-state index in [4.69, 9.17) is 4.74 Å². The first-order valence-corrected chi connectivity index (χ1v) is 6.88. The molecule has 1 heterocycles. The van der Waals surface area contributed by atoms with Crippen molar-refractivity contribution in [1.29, 1.82) is 0 Å². The van der Waals surface area contributed by atoms with Gasteiger partial charge in [0, 0.05) is 5.56 Å². The normalized spacial score (nSPS) is 17.0. The fourth-order valence-corrected chi connectivity index (χ4v) is 2.88. The molecule has 3 heteroatoms. The van der Waals surface area contributed by atoms with Crippen molar-refractivity contribution in [3.8, 4) is 5.75 Å². The molecule has 1 N–H and O–H groups in total. The van der Waals surface area contributed by atoms with Gasteiger partial charge >= 0.3 is 6.09 Å². The molecule has 1 amide bonds. The van der Waals surface area contributed by atoms with Crippen LogP contribution in [-0.4, -0.2) is 6.09 Å². The van der Waals surface area contributed by atoms with E-state index in [0.717, 1.165) is 21.9 Å². The zero-order valence-corrected chi connectivity index (χ0v) is 11.2. The summed E-state index contributed by atoms with van der Waals surface area (Å²) >= 11 is 0. The predicted molar refractivity (Wildman–Crippen MR) is 81.4 cm³/mol. The Kier molecular flexibility index (Phi) is 2.64. The molecule has 0 spiro atoms. The number of rotatable bonds is 1. The number of amides is 1. The highest BCUT2D eigenvalue weighted by Crippen LogP contribution is 2.38. The van der Waals surface area contributed by atoms with Gasteiger partial charge in [-0.25, -0.2) is 4.79 Å². The highest BCUT2D eigenvalue weighted by Gasteiger charge is 2.28. The topological polar surface area (TPSA) is 38.3 Å². The van der Waals surface area contributed by atoms with Gasteiger partial charge in [0.25, 0.3) is 0 Å². The highest BCUT2D eigenvalue weighted by molar-refractivity contribution is 5.91. The number of carbonyl (C=O) groups is 1. The van der Waals surface area contributed by atoms with Crippen LogP contribution in [0.5, 0.6) is 5.75 Å². The second-order valence-corrected chi connectivity index (χ2v) is 5.08. The van der Waals surface area contributed by atoms with Crippen LogP contribution in [0.2, 0.25) is 0 Å². The van der Waals surface area contributed by atoms with Gasteiger partial charge in [-0.15, -0.1) is 0 Å². The third-order valence-electron chi connectivity index (χ3n) is 3.82. The Balaban J connectivity index is 2.00. The summed E-state index contributed by atoms with van der Waals surface area (Å²) < 4.78 is 5.34. The lowest BCUT2D eigenvalue weighted by Crippen LogP contribution is -2.36. The Hall–Kier alpha value is -2.81. The van der Waals surface area contributed by atoms with Crippen molar-refractivity contribution in [3.63, 3.8) is 0 Å². The summed E-state index contributed by atoms with van der Waals surface area (Å²) in [5.41, 5.74) is 2.06. The summed E-state index contributed by atoms with van der Waals surface area (Å²) in [5.74, 6) is 0.631. The molecule has 1 atom stereocenters. The SMILES string of the molecule is O=C1NC(c2ccccc2)c2c(ccc3ccccc23)O1. The summed E-state index contributed by atoms with van der Waals surface area (Å²) in [5, 5.41) is 5.16. The smallest absolute Gasteiger partial charge is 0.410 e. The van der Waals surface area contributed by atoms with E-state index in [0.29, 0.717) is 5.75 Å². The molecule has 1 aliphatic heterocycles. The molecule has 1 unspecified atom stereocenters. The van der Waals surface area contributed by atoms with Crippen molar-refractivity contribution < 1.29 is 9.53 Å². The number of fused-ring (bicyclic) bond motifs is 3. The van der Waals surface area contributed by atoms with Crippen LogP contribution in [0.15, 0.2) is 66.7 Å². The predicted octanol–water partition coefficient (Wildman–Crippen LogP) is 4.03. The van der Waals surface area contributed by atoms with Gasteiger partial charge < -0.3 is 10.1 Å². The molecule has 0 aromatic heterocycles. The van der Waals surface area contributed by atoms with Crippen molar-refractivity contribution in [2.45, 2.75) is 6.04 Å². The van der Waals surface area contributed by atoms with E-state index >= 15 is 0 Å². The van der Waals surface area contributed by atoms with Crippen LogP contribution in [0.4, 0.5) is 4.79 Å². The molecule has 1 aliphatic rings. The zero-order valence-electron chi connectivity index (χ0n) is 11.2. The van der Waals surface area contributed by atoms with E-state index < -0.39 is 6.09 Å². The number of carbonyl (C=O) groups excluding carboxylic acids is 1. The van der Waals surface area contributed by atoms with Crippen molar-refractivity contribution >= 4 is 16.9 Å². The number of hydrogen-bond acceptors (Lipinski definition) is 2. The average molecular weight is 275 g/mol. The zero-order chi connectivity index (χ0) is 14.2. The van der Waals surface area contributed by atoms with Crippen molar-refractivity contribution in [2.24, 2.45) is 0 Å². The first-order valence-electron chi connectivity index (χ1n) is 6.88. The monoisotopic (exact) mass is 275 g/mol. The fourth-order valence-electron chi connectivity index (χ4n) is 2.88. The first-order chi connectivity index (χ1) is 10.3. The maximum absolute atomic E-state index is 11.8. The van der Waals surface area contributed by atoms with E-state index in [1.54, 1.807) is 0 Å². The molecule has 0 aliphatic carbocycles. The van der Waals surface area contributed by atoms with E-state index in [9.17, 15) is 4.79 Å². The molecule has 0 fully saturated rings. The fraction of sp³-hybridized carbons (Fsp3) is 0.0556. The van der Waals surface area contributed by atoms with Crippen LogP contribution >= 0.6 is 0 Å². The molecule has 0 saturated carbocycles. The molecule has 0 saturated heterocycles. The summed E-state index contributed by atoms with van der Waals surface area (Å²) in [6.07, 6.45) is -0.411. The molecule has 3 aromatic rings. The number of ether oxygens (including phenoxy) is 1. The Labute approximate surface area is 122 Å². The van der Waals surface area contributed by atoms with Crippen LogP contribution in [-0.2, 0) is 0 Å². The average Bonchev–Trinajstić information content (AvgIpc) is 2.54. The maximum Gasteiger partial charge on any atom is 0.413 e. The Morgan fingerprint density at radius 3 is 2.48 bits per heavy atom. The second kappa shape index (κ2) is 4.63. The summed E-state index contributed by atoms with van der Waals surface area (Å²) in [6.45, 7) is 0. The molecule has 3 nitrogen and oxygen atoms in total. The number of nitrogens with one attached hydrogen (secondary N) is 1. The third-order valence-corrected chi connectivity index (χ3v) is 3.82. The number of hydrogen-bond donors (Lipinski definition) is 1. The van der Waals surface area contributed by atoms with Crippen LogP contribution < -0.4 is 10.1 Å².